The summed E-state index contributed by atoms with van der Waals surface area (Å²) < 4.78 is 0. The van der Waals surface area contributed by atoms with E-state index in [4.69, 9.17) is 0 Å². The molecule has 2 aromatic carbocycles. The molecular formula is C18H21Cl2N5O2. The Bertz CT molecular complexity index is 917. The molecule has 0 aliphatic carbocycles. The number of aliphatic hydroxyl groups excluding tert-OH is 1. The maximum atomic E-state index is 12.3. The van der Waals surface area contributed by atoms with Gasteiger partial charge in [-0.15, -0.1) is 29.9 Å². The molecule has 0 spiro atoms. The number of amides is 1. The van der Waals surface area contributed by atoms with Gasteiger partial charge in [-0.2, -0.15) is 0 Å². The second-order valence-corrected chi connectivity index (χ2v) is 6.28. The lowest BCUT2D eigenvalue weighted by Crippen LogP contribution is -2.49. The predicted molar refractivity (Wildman–Crippen MR) is 107 cm³/mol. The number of nitrogens with one attached hydrogen (secondary N) is 3. The van der Waals surface area contributed by atoms with Gasteiger partial charge in [0.15, 0.2) is 0 Å². The summed E-state index contributed by atoms with van der Waals surface area (Å²) in [6.45, 7) is 0.921. The summed E-state index contributed by atoms with van der Waals surface area (Å²) in [6, 6.07) is 13.3. The summed E-state index contributed by atoms with van der Waals surface area (Å²) in [5.41, 5.74) is 4.42. The number of H-pyrrole nitrogens is 1. The zero-order chi connectivity index (χ0) is 17.2. The first-order valence-electron chi connectivity index (χ1n) is 8.28. The SMILES string of the molecule is Cl.Cl.O=C(NC[C@@H](O)[C@@H]1Cc2ccccc2CN1)c1ccc2[nH]nnc2c1. The maximum Gasteiger partial charge on any atom is 0.251 e. The molecule has 0 saturated carbocycles. The van der Waals surface area contributed by atoms with Crippen LogP contribution in [0, 0.1) is 0 Å². The molecule has 0 saturated heterocycles. The van der Waals surface area contributed by atoms with Crippen molar-refractivity contribution in [2.45, 2.75) is 25.1 Å². The van der Waals surface area contributed by atoms with Crippen LogP contribution in [0.1, 0.15) is 21.5 Å². The zero-order valence-electron chi connectivity index (χ0n) is 14.4. The monoisotopic (exact) mass is 409 g/mol. The van der Waals surface area contributed by atoms with E-state index in [-0.39, 0.29) is 43.3 Å². The fourth-order valence-electron chi connectivity index (χ4n) is 3.18. The summed E-state index contributed by atoms with van der Waals surface area (Å²) >= 11 is 0. The van der Waals surface area contributed by atoms with Crippen molar-refractivity contribution in [3.8, 4) is 0 Å². The van der Waals surface area contributed by atoms with Crippen LogP contribution in [0.15, 0.2) is 42.5 Å². The van der Waals surface area contributed by atoms with Crippen molar-refractivity contribution in [2.24, 2.45) is 0 Å². The molecule has 2 atom stereocenters. The Labute approximate surface area is 168 Å². The van der Waals surface area contributed by atoms with Crippen LogP contribution in [0.2, 0.25) is 0 Å². The van der Waals surface area contributed by atoms with E-state index >= 15 is 0 Å². The summed E-state index contributed by atoms with van der Waals surface area (Å²) in [5.74, 6) is -0.236. The first-order valence-corrected chi connectivity index (χ1v) is 8.28. The Morgan fingerprint density at radius 1 is 1.22 bits per heavy atom. The normalized spacial score (nSPS) is 16.6. The van der Waals surface area contributed by atoms with Crippen molar-refractivity contribution in [2.75, 3.05) is 6.54 Å². The second kappa shape index (κ2) is 9.14. The highest BCUT2D eigenvalue weighted by molar-refractivity contribution is 5.97. The van der Waals surface area contributed by atoms with Gasteiger partial charge in [-0.05, 0) is 35.7 Å². The summed E-state index contributed by atoms with van der Waals surface area (Å²) in [4.78, 5) is 12.3. The lowest BCUT2D eigenvalue weighted by molar-refractivity contribution is 0.0870. The Morgan fingerprint density at radius 3 is 2.81 bits per heavy atom. The highest BCUT2D eigenvalue weighted by atomic mass is 35.5. The Balaban J connectivity index is 0.00000131. The molecular weight excluding hydrogens is 389 g/mol. The number of aromatic nitrogens is 3. The lowest BCUT2D eigenvalue weighted by atomic mass is 9.93. The van der Waals surface area contributed by atoms with Crippen LogP contribution in [-0.4, -0.2) is 45.1 Å². The van der Waals surface area contributed by atoms with Crippen LogP contribution in [0.5, 0.6) is 0 Å². The summed E-state index contributed by atoms with van der Waals surface area (Å²) in [5, 5.41) is 26.9. The first-order chi connectivity index (χ1) is 12.2. The number of nitrogens with zero attached hydrogens (tertiary/aromatic N) is 2. The third kappa shape index (κ3) is 4.56. The van der Waals surface area contributed by atoms with Gasteiger partial charge in [0.2, 0.25) is 0 Å². The second-order valence-electron chi connectivity index (χ2n) is 6.28. The number of aliphatic hydroxyl groups is 1. The molecule has 27 heavy (non-hydrogen) atoms. The number of halogens is 2. The molecule has 1 aliphatic heterocycles. The Morgan fingerprint density at radius 2 is 2.00 bits per heavy atom. The molecule has 0 unspecified atom stereocenters. The first kappa shape index (κ1) is 21.1. The number of carbonyl (C=O) groups excluding carboxylic acids is 1. The molecule has 0 fully saturated rings. The number of benzene rings is 2. The zero-order valence-corrected chi connectivity index (χ0v) is 16.0. The molecule has 4 N–H and O–H groups in total. The van der Waals surface area contributed by atoms with Crippen LogP contribution >= 0.6 is 24.8 Å². The van der Waals surface area contributed by atoms with Gasteiger partial charge in [0.25, 0.3) is 5.91 Å². The minimum atomic E-state index is -0.659. The van der Waals surface area contributed by atoms with Gasteiger partial charge in [0.05, 0.1) is 11.6 Å². The number of rotatable bonds is 4. The molecule has 1 aliphatic rings. The highest BCUT2D eigenvalue weighted by Gasteiger charge is 2.24. The van der Waals surface area contributed by atoms with E-state index in [1.807, 2.05) is 12.1 Å². The van der Waals surface area contributed by atoms with E-state index < -0.39 is 6.10 Å². The van der Waals surface area contributed by atoms with Crippen molar-refractivity contribution >= 4 is 41.8 Å². The Kier molecular flexibility index (Phi) is 7.15. The van der Waals surface area contributed by atoms with E-state index in [1.54, 1.807) is 18.2 Å². The average molecular weight is 410 g/mol. The fourth-order valence-corrected chi connectivity index (χ4v) is 3.18. The third-order valence-electron chi connectivity index (χ3n) is 4.64. The van der Waals surface area contributed by atoms with E-state index in [2.05, 4.69) is 38.2 Å². The molecule has 3 aromatic rings. The van der Waals surface area contributed by atoms with Crippen LogP contribution in [0.25, 0.3) is 11.0 Å². The van der Waals surface area contributed by atoms with Crippen molar-refractivity contribution < 1.29 is 9.90 Å². The van der Waals surface area contributed by atoms with E-state index in [1.165, 1.54) is 11.1 Å². The number of hydrogen-bond donors (Lipinski definition) is 4. The van der Waals surface area contributed by atoms with Crippen molar-refractivity contribution in [3.05, 3.63) is 59.2 Å². The van der Waals surface area contributed by atoms with Gasteiger partial charge in [-0.1, -0.05) is 29.5 Å². The highest BCUT2D eigenvalue weighted by Crippen LogP contribution is 2.18. The number of hydrogen-bond acceptors (Lipinski definition) is 5. The number of carbonyl (C=O) groups is 1. The van der Waals surface area contributed by atoms with Crippen molar-refractivity contribution in [3.63, 3.8) is 0 Å². The van der Waals surface area contributed by atoms with Gasteiger partial charge in [-0.3, -0.25) is 9.89 Å². The maximum absolute atomic E-state index is 12.3. The smallest absolute Gasteiger partial charge is 0.251 e. The minimum Gasteiger partial charge on any atom is -0.390 e. The Hall–Kier alpha value is -2.19. The summed E-state index contributed by atoms with van der Waals surface area (Å²) in [6.07, 6.45) is 0.0889. The van der Waals surface area contributed by atoms with Gasteiger partial charge < -0.3 is 15.7 Å². The van der Waals surface area contributed by atoms with Crippen LogP contribution in [0.3, 0.4) is 0 Å². The van der Waals surface area contributed by atoms with Crippen molar-refractivity contribution in [1.29, 1.82) is 0 Å². The van der Waals surface area contributed by atoms with Crippen molar-refractivity contribution in [1.82, 2.24) is 26.0 Å². The van der Waals surface area contributed by atoms with E-state index in [0.29, 0.717) is 11.1 Å². The average Bonchev–Trinajstić information content (AvgIpc) is 3.13. The molecule has 0 bridgehead atoms. The fraction of sp³-hybridized carbons (Fsp3) is 0.278. The number of aromatic amines is 1. The molecule has 7 nitrogen and oxygen atoms in total. The van der Waals surface area contributed by atoms with Crippen LogP contribution in [0.4, 0.5) is 0 Å². The number of fused-ring (bicyclic) bond motifs is 2. The molecule has 2 heterocycles. The molecule has 0 radical (unpaired) electrons. The lowest BCUT2D eigenvalue weighted by Gasteiger charge is -2.30. The molecule has 144 valence electrons. The molecule has 1 aromatic heterocycles. The van der Waals surface area contributed by atoms with E-state index in [0.717, 1.165) is 18.5 Å². The van der Waals surface area contributed by atoms with Crippen LogP contribution < -0.4 is 10.6 Å². The largest absolute Gasteiger partial charge is 0.390 e. The topological polar surface area (TPSA) is 103 Å². The van der Waals surface area contributed by atoms with Gasteiger partial charge in [0, 0.05) is 24.7 Å². The molecule has 4 rings (SSSR count). The molecule has 9 heteroatoms. The standard InChI is InChI=1S/C18H19N5O2.2ClH/c24-17(16-7-11-3-1-2-4-13(11)9-19-16)10-20-18(25)12-5-6-14-15(8-12)22-23-21-14;;/h1-6,8,16-17,19,24H,7,9-10H2,(H,20,25)(H,21,22,23);2*1H/t16-,17+;;/m0../s1. The summed E-state index contributed by atoms with van der Waals surface area (Å²) in [7, 11) is 0. The van der Waals surface area contributed by atoms with Gasteiger partial charge in [-0.25, -0.2) is 0 Å². The van der Waals surface area contributed by atoms with Gasteiger partial charge in [0.1, 0.15) is 5.52 Å². The van der Waals surface area contributed by atoms with E-state index in [9.17, 15) is 9.90 Å². The van der Waals surface area contributed by atoms with Gasteiger partial charge >= 0.3 is 0 Å². The quantitative estimate of drug-likeness (QED) is 0.524. The molecule has 1 amide bonds. The van der Waals surface area contributed by atoms with Crippen LogP contribution in [-0.2, 0) is 13.0 Å². The predicted octanol–water partition coefficient (Wildman–Crippen LogP) is 1.61. The third-order valence-corrected chi connectivity index (χ3v) is 4.64. The minimum absolute atomic E-state index is 0.